The van der Waals surface area contributed by atoms with Crippen molar-refractivity contribution < 1.29 is 12.9 Å². The van der Waals surface area contributed by atoms with Gasteiger partial charge in [-0.05, 0) is 6.26 Å². The first-order valence-corrected chi connectivity index (χ1v) is 6.23. The molecule has 0 spiro atoms. The number of hydrogen-bond donors (Lipinski definition) is 0. The Morgan fingerprint density at radius 2 is 2.33 bits per heavy atom. The lowest BCUT2D eigenvalue weighted by Gasteiger charge is -1.95. The monoisotopic (exact) mass is 193 g/mol. The van der Waals surface area contributed by atoms with E-state index in [9.17, 15) is 8.39 Å². The fraction of sp³-hybridized carbons (Fsp3) is 1.00. The standard InChI is InChI=1S/C2H7F2NOP2S/c1-6-7(3)5-8(4)9-2/h7H,1-2H3. The Kier molecular flexibility index (Phi) is 6.12. The summed E-state index contributed by atoms with van der Waals surface area (Å²) >= 11 is 0.905. The van der Waals surface area contributed by atoms with E-state index in [4.69, 9.17) is 0 Å². The van der Waals surface area contributed by atoms with Crippen LogP contribution >= 0.6 is 27.2 Å². The SMILES string of the molecule is CO/[PH](F)=N\P(F)SC. The van der Waals surface area contributed by atoms with Gasteiger partial charge in [0.15, 0.2) is 0 Å². The maximum Gasteiger partial charge on any atom is 0.268 e. The van der Waals surface area contributed by atoms with E-state index >= 15 is 0 Å². The van der Waals surface area contributed by atoms with Crippen molar-refractivity contribution >= 4 is 27.2 Å². The van der Waals surface area contributed by atoms with Crippen molar-refractivity contribution in [1.29, 1.82) is 0 Å². The van der Waals surface area contributed by atoms with Crippen LogP contribution in [0.1, 0.15) is 0 Å². The minimum absolute atomic E-state index is 0.905. The summed E-state index contributed by atoms with van der Waals surface area (Å²) in [5.74, 6) is 0. The van der Waals surface area contributed by atoms with Gasteiger partial charge in [-0.1, -0.05) is 11.4 Å². The summed E-state index contributed by atoms with van der Waals surface area (Å²) < 4.78 is 31.4. The second-order valence-corrected chi connectivity index (χ2v) is 5.50. The Morgan fingerprint density at radius 3 is 2.67 bits per heavy atom. The topological polar surface area (TPSA) is 21.6 Å². The van der Waals surface area contributed by atoms with Gasteiger partial charge >= 0.3 is 0 Å². The molecule has 0 saturated carbocycles. The van der Waals surface area contributed by atoms with Crippen LogP contribution in [-0.4, -0.2) is 13.4 Å². The molecule has 2 unspecified atom stereocenters. The molecule has 0 radical (unpaired) electrons. The Bertz CT molecular complexity index is 113. The van der Waals surface area contributed by atoms with Gasteiger partial charge in [0, 0.05) is 7.11 Å². The van der Waals surface area contributed by atoms with E-state index in [1.165, 1.54) is 7.11 Å². The van der Waals surface area contributed by atoms with Gasteiger partial charge in [-0.2, -0.15) is 12.9 Å². The highest BCUT2D eigenvalue weighted by Gasteiger charge is 2.01. The molecule has 0 amide bonds. The molecule has 0 N–H and O–H groups in total. The summed E-state index contributed by atoms with van der Waals surface area (Å²) in [6.45, 7) is 0. The maximum absolute atomic E-state index is 12.1. The third kappa shape index (κ3) is 5.28. The van der Waals surface area contributed by atoms with Crippen molar-refractivity contribution in [1.82, 2.24) is 0 Å². The highest BCUT2D eigenvalue weighted by atomic mass is 32.7. The number of rotatable bonds is 3. The van der Waals surface area contributed by atoms with Crippen LogP contribution in [-0.2, 0) is 4.52 Å². The molecule has 0 aromatic carbocycles. The molecule has 0 aliphatic rings. The lowest BCUT2D eigenvalue weighted by Crippen LogP contribution is -1.55. The van der Waals surface area contributed by atoms with E-state index in [-0.39, 0.29) is 0 Å². The zero-order chi connectivity index (χ0) is 7.28. The van der Waals surface area contributed by atoms with Gasteiger partial charge in [0.1, 0.15) is 0 Å². The zero-order valence-corrected chi connectivity index (χ0v) is 7.68. The van der Waals surface area contributed by atoms with E-state index in [2.05, 4.69) is 9.04 Å². The third-order valence-electron chi connectivity index (χ3n) is 0.476. The molecule has 0 aromatic heterocycles. The quantitative estimate of drug-likeness (QED) is 0.640. The van der Waals surface area contributed by atoms with E-state index in [0.717, 1.165) is 11.4 Å². The fourth-order valence-corrected chi connectivity index (χ4v) is 2.60. The first kappa shape index (κ1) is 9.83. The minimum atomic E-state index is -2.68. The molecule has 0 fully saturated rings. The Labute approximate surface area is 58.7 Å². The minimum Gasteiger partial charge on any atom is -0.326 e. The van der Waals surface area contributed by atoms with Gasteiger partial charge in [0.05, 0.1) is 0 Å². The lowest BCUT2D eigenvalue weighted by molar-refractivity contribution is 0.441. The van der Waals surface area contributed by atoms with Crippen LogP contribution in [0.4, 0.5) is 8.39 Å². The summed E-state index contributed by atoms with van der Waals surface area (Å²) in [6.07, 6.45) is 1.54. The smallest absolute Gasteiger partial charge is 0.268 e. The third-order valence-corrected chi connectivity index (χ3v) is 4.01. The van der Waals surface area contributed by atoms with E-state index in [0.29, 0.717) is 0 Å². The molecule has 0 aliphatic carbocycles. The summed E-state index contributed by atoms with van der Waals surface area (Å²) in [4.78, 5) is 0. The molecular weight excluding hydrogens is 186 g/mol. The van der Waals surface area contributed by atoms with E-state index in [1.807, 2.05) is 0 Å². The molecule has 0 saturated heterocycles. The van der Waals surface area contributed by atoms with Crippen LogP contribution in [0.5, 0.6) is 0 Å². The summed E-state index contributed by atoms with van der Waals surface area (Å²) in [5, 5.41) is 0. The first-order chi connectivity index (χ1) is 4.20. The lowest BCUT2D eigenvalue weighted by atomic mass is 11.8. The summed E-state index contributed by atoms with van der Waals surface area (Å²) in [6, 6.07) is 0. The van der Waals surface area contributed by atoms with Crippen molar-refractivity contribution in [2.75, 3.05) is 13.4 Å². The largest absolute Gasteiger partial charge is 0.326 e. The van der Waals surface area contributed by atoms with Gasteiger partial charge in [-0.3, -0.25) is 0 Å². The average molecular weight is 193 g/mol. The highest BCUT2D eigenvalue weighted by Crippen LogP contribution is 2.56. The molecule has 0 aromatic rings. The number of hydrogen-bond acceptors (Lipinski definition) is 3. The molecule has 0 bridgehead atoms. The fourth-order valence-electron chi connectivity index (χ4n) is 0.143. The van der Waals surface area contributed by atoms with Gasteiger partial charge in [-0.15, -0.1) is 0 Å². The summed E-state index contributed by atoms with van der Waals surface area (Å²) in [5.41, 5.74) is 0. The number of halogens is 2. The van der Waals surface area contributed by atoms with Crippen LogP contribution in [0.3, 0.4) is 0 Å². The van der Waals surface area contributed by atoms with E-state index in [1.54, 1.807) is 6.26 Å². The summed E-state index contributed by atoms with van der Waals surface area (Å²) in [7, 11) is -3.54. The molecule has 0 rings (SSSR count). The molecule has 2 nitrogen and oxygen atoms in total. The van der Waals surface area contributed by atoms with Crippen LogP contribution in [0.25, 0.3) is 0 Å². The molecule has 2 atom stereocenters. The molecule has 9 heavy (non-hydrogen) atoms. The van der Waals surface area contributed by atoms with Gasteiger partial charge in [-0.25, -0.2) is 0 Å². The van der Waals surface area contributed by atoms with E-state index < -0.39 is 15.8 Å². The van der Waals surface area contributed by atoms with Crippen molar-refractivity contribution in [3.8, 4) is 0 Å². The van der Waals surface area contributed by atoms with Crippen LogP contribution < -0.4 is 0 Å². The maximum atomic E-state index is 12.1. The van der Waals surface area contributed by atoms with Gasteiger partial charge in [0.25, 0.3) is 7.58 Å². The second kappa shape index (κ2) is 5.60. The highest BCUT2D eigenvalue weighted by molar-refractivity contribution is 8.53. The van der Waals surface area contributed by atoms with Gasteiger partial charge in [0.2, 0.25) is 8.25 Å². The average Bonchev–Trinajstić information content (AvgIpc) is 1.87. The predicted molar refractivity (Wildman–Crippen MR) is 40.4 cm³/mol. The van der Waals surface area contributed by atoms with Crippen LogP contribution in [0.15, 0.2) is 4.52 Å². The molecular formula is C2H7F2NOP2S. The predicted octanol–water partition coefficient (Wildman–Crippen LogP) is 3.39. The van der Waals surface area contributed by atoms with Crippen molar-refractivity contribution in [2.24, 2.45) is 4.52 Å². The molecule has 7 heteroatoms. The Balaban J connectivity index is 3.64. The normalized spacial score (nSPS) is 17.8. The Morgan fingerprint density at radius 1 is 1.78 bits per heavy atom. The first-order valence-electron chi connectivity index (χ1n) is 1.98. The molecule has 0 heterocycles. The second-order valence-electron chi connectivity index (χ2n) is 0.966. The van der Waals surface area contributed by atoms with Crippen molar-refractivity contribution in [2.45, 2.75) is 0 Å². The van der Waals surface area contributed by atoms with Crippen LogP contribution in [0.2, 0.25) is 0 Å². The zero-order valence-electron chi connectivity index (χ0n) is 4.97. The molecule has 56 valence electrons. The Hall–Kier alpha value is 0.830. The van der Waals surface area contributed by atoms with Crippen molar-refractivity contribution in [3.05, 3.63) is 0 Å². The molecule has 0 aliphatic heterocycles. The van der Waals surface area contributed by atoms with Gasteiger partial charge < -0.3 is 4.52 Å². The van der Waals surface area contributed by atoms with Crippen LogP contribution in [0, 0.1) is 0 Å². The van der Waals surface area contributed by atoms with Crippen molar-refractivity contribution in [3.63, 3.8) is 0 Å². The number of nitrogens with zero attached hydrogens (tertiary/aromatic N) is 1.